The number of hydrogen-bond donors (Lipinski definition) is 2. The lowest BCUT2D eigenvalue weighted by Gasteiger charge is -2.00. The molecule has 0 atom stereocenters. The molecule has 0 amide bonds. The number of aliphatic hydroxyl groups excluding tert-OH is 1. The van der Waals surface area contributed by atoms with Crippen molar-refractivity contribution in [2.24, 2.45) is 0 Å². The summed E-state index contributed by atoms with van der Waals surface area (Å²) < 4.78 is 4.74. The second kappa shape index (κ2) is 4.57. The van der Waals surface area contributed by atoms with Gasteiger partial charge in [-0.15, -0.1) is 0 Å². The van der Waals surface area contributed by atoms with E-state index in [0.29, 0.717) is 12.0 Å². The molecule has 0 aliphatic rings. The Morgan fingerprint density at radius 1 is 1.71 bits per heavy atom. The van der Waals surface area contributed by atoms with Crippen molar-refractivity contribution in [2.45, 2.75) is 13.5 Å². The number of ether oxygens (including phenoxy) is 1. The highest BCUT2D eigenvalue weighted by Gasteiger charge is 2.15. The van der Waals surface area contributed by atoms with E-state index < -0.39 is 5.97 Å². The predicted octanol–water partition coefficient (Wildman–Crippen LogP) is 0.496. The number of nitrogens with one attached hydrogen (secondary N) is 1. The molecule has 0 unspecified atom stereocenters. The number of hydrogen-bond acceptors (Lipinski definition) is 4. The molecule has 0 fully saturated rings. The van der Waals surface area contributed by atoms with Crippen LogP contribution in [-0.2, 0) is 11.3 Å². The Kier molecular flexibility index (Phi) is 3.41. The molecule has 0 radical (unpaired) electrons. The number of esters is 1. The molecule has 5 nitrogen and oxygen atoms in total. The molecule has 1 heterocycles. The fraction of sp³-hybridized carbons (Fsp3) is 0.333. The molecule has 5 heteroatoms. The number of carbonyl (C=O) groups excluding carboxylic acids is 2. The monoisotopic (exact) mass is 197 g/mol. The number of aldehydes is 1. The second-order valence-corrected chi connectivity index (χ2v) is 2.61. The zero-order chi connectivity index (χ0) is 10.6. The summed E-state index contributed by atoms with van der Waals surface area (Å²) in [6, 6.07) is 1.36. The Morgan fingerprint density at radius 2 is 2.43 bits per heavy atom. The number of aromatic amines is 1. The third-order valence-corrected chi connectivity index (χ3v) is 1.70. The molecule has 0 spiro atoms. The first-order valence-corrected chi connectivity index (χ1v) is 4.18. The van der Waals surface area contributed by atoms with Gasteiger partial charge in [0, 0.05) is 0 Å². The molecule has 0 aromatic carbocycles. The topological polar surface area (TPSA) is 79.4 Å². The van der Waals surface area contributed by atoms with Gasteiger partial charge in [-0.2, -0.15) is 0 Å². The molecular formula is C9H11NO4. The van der Waals surface area contributed by atoms with E-state index >= 15 is 0 Å². The van der Waals surface area contributed by atoms with E-state index in [-0.39, 0.29) is 24.5 Å². The standard InChI is InChI=1S/C9H11NO4/c1-2-14-9(13)7-3-6(4-11)10-8(7)5-12/h3-4,10,12H,2,5H2,1H3. The third kappa shape index (κ3) is 2.00. The maximum atomic E-state index is 11.3. The van der Waals surface area contributed by atoms with Crippen molar-refractivity contribution < 1.29 is 19.4 Å². The van der Waals surface area contributed by atoms with Gasteiger partial charge in [0.1, 0.15) is 0 Å². The van der Waals surface area contributed by atoms with Gasteiger partial charge in [0.2, 0.25) is 0 Å². The fourth-order valence-corrected chi connectivity index (χ4v) is 1.10. The summed E-state index contributed by atoms with van der Waals surface area (Å²) in [6.07, 6.45) is 0.571. The third-order valence-electron chi connectivity index (χ3n) is 1.70. The SMILES string of the molecule is CCOC(=O)c1cc(C=O)[nH]c1CO. The van der Waals surface area contributed by atoms with Gasteiger partial charge in [-0.25, -0.2) is 4.79 Å². The van der Waals surface area contributed by atoms with Crippen molar-refractivity contribution in [1.29, 1.82) is 0 Å². The van der Waals surface area contributed by atoms with Gasteiger partial charge in [-0.05, 0) is 13.0 Å². The van der Waals surface area contributed by atoms with Crippen LogP contribution in [-0.4, -0.2) is 29.0 Å². The lowest BCUT2D eigenvalue weighted by molar-refractivity contribution is 0.0523. The van der Waals surface area contributed by atoms with E-state index in [9.17, 15) is 9.59 Å². The Bertz CT molecular complexity index is 343. The Labute approximate surface area is 80.7 Å². The Balaban J connectivity index is 2.99. The molecule has 0 saturated heterocycles. The van der Waals surface area contributed by atoms with Crippen LogP contribution in [0, 0.1) is 0 Å². The van der Waals surface area contributed by atoms with Gasteiger partial charge in [0.05, 0.1) is 30.2 Å². The van der Waals surface area contributed by atoms with Crippen LogP contribution in [0.15, 0.2) is 6.07 Å². The minimum atomic E-state index is -0.541. The molecule has 0 saturated carbocycles. The van der Waals surface area contributed by atoms with Crippen LogP contribution in [0.1, 0.15) is 33.5 Å². The van der Waals surface area contributed by atoms with E-state index in [1.807, 2.05) is 0 Å². The van der Waals surface area contributed by atoms with Crippen molar-refractivity contribution in [2.75, 3.05) is 6.61 Å². The number of rotatable bonds is 4. The molecular weight excluding hydrogens is 186 g/mol. The second-order valence-electron chi connectivity index (χ2n) is 2.61. The molecule has 2 N–H and O–H groups in total. The van der Waals surface area contributed by atoms with Gasteiger partial charge in [-0.3, -0.25) is 4.79 Å². The summed E-state index contributed by atoms with van der Waals surface area (Å²) in [5.74, 6) is -0.541. The predicted molar refractivity (Wildman–Crippen MR) is 48.1 cm³/mol. The van der Waals surface area contributed by atoms with Crippen molar-refractivity contribution in [3.63, 3.8) is 0 Å². The van der Waals surface area contributed by atoms with E-state index in [4.69, 9.17) is 9.84 Å². The van der Waals surface area contributed by atoms with Crippen molar-refractivity contribution >= 4 is 12.3 Å². The average molecular weight is 197 g/mol. The number of aromatic nitrogens is 1. The number of carbonyl (C=O) groups is 2. The fourth-order valence-electron chi connectivity index (χ4n) is 1.10. The zero-order valence-electron chi connectivity index (χ0n) is 7.74. The van der Waals surface area contributed by atoms with E-state index in [1.54, 1.807) is 6.92 Å². The van der Waals surface area contributed by atoms with Crippen LogP contribution in [0.5, 0.6) is 0 Å². The van der Waals surface area contributed by atoms with E-state index in [1.165, 1.54) is 6.07 Å². The maximum Gasteiger partial charge on any atom is 0.340 e. The van der Waals surface area contributed by atoms with Gasteiger partial charge >= 0.3 is 5.97 Å². The van der Waals surface area contributed by atoms with Crippen LogP contribution >= 0.6 is 0 Å². The lowest BCUT2D eigenvalue weighted by atomic mass is 10.2. The van der Waals surface area contributed by atoms with Crippen molar-refractivity contribution in [3.05, 3.63) is 23.0 Å². The average Bonchev–Trinajstić information content (AvgIpc) is 2.61. The van der Waals surface area contributed by atoms with Gasteiger partial charge in [0.15, 0.2) is 6.29 Å². The zero-order valence-corrected chi connectivity index (χ0v) is 7.74. The van der Waals surface area contributed by atoms with Gasteiger partial charge in [0.25, 0.3) is 0 Å². The van der Waals surface area contributed by atoms with Gasteiger partial charge in [-0.1, -0.05) is 0 Å². The van der Waals surface area contributed by atoms with Crippen molar-refractivity contribution in [3.8, 4) is 0 Å². The Hall–Kier alpha value is -1.62. The number of H-pyrrole nitrogens is 1. The number of aliphatic hydroxyl groups is 1. The molecule has 0 aliphatic heterocycles. The molecule has 76 valence electrons. The largest absolute Gasteiger partial charge is 0.462 e. The molecule has 1 aromatic rings. The summed E-state index contributed by atoms with van der Waals surface area (Å²) in [4.78, 5) is 24.3. The van der Waals surface area contributed by atoms with Crippen molar-refractivity contribution in [1.82, 2.24) is 4.98 Å². The first-order valence-electron chi connectivity index (χ1n) is 4.18. The van der Waals surface area contributed by atoms with Gasteiger partial charge < -0.3 is 14.8 Å². The van der Waals surface area contributed by atoms with E-state index in [0.717, 1.165) is 0 Å². The van der Waals surface area contributed by atoms with Crippen LogP contribution in [0.2, 0.25) is 0 Å². The molecule has 1 rings (SSSR count). The minimum absolute atomic E-state index is 0.205. The Morgan fingerprint density at radius 3 is 2.93 bits per heavy atom. The normalized spacial score (nSPS) is 9.86. The highest BCUT2D eigenvalue weighted by molar-refractivity contribution is 5.93. The molecule has 1 aromatic heterocycles. The summed E-state index contributed by atoms with van der Waals surface area (Å²) in [6.45, 7) is 1.61. The van der Waals surface area contributed by atoms with Crippen LogP contribution in [0.3, 0.4) is 0 Å². The summed E-state index contributed by atoms with van der Waals surface area (Å²) in [7, 11) is 0. The highest BCUT2D eigenvalue weighted by Crippen LogP contribution is 2.11. The van der Waals surface area contributed by atoms with Crippen LogP contribution in [0.4, 0.5) is 0 Å². The summed E-state index contributed by atoms with van der Waals surface area (Å²) >= 11 is 0. The maximum absolute atomic E-state index is 11.3. The lowest BCUT2D eigenvalue weighted by Crippen LogP contribution is -2.06. The van der Waals surface area contributed by atoms with Crippen LogP contribution < -0.4 is 0 Å². The quantitative estimate of drug-likeness (QED) is 0.544. The first-order chi connectivity index (χ1) is 6.72. The highest BCUT2D eigenvalue weighted by atomic mass is 16.5. The molecule has 14 heavy (non-hydrogen) atoms. The van der Waals surface area contributed by atoms with Crippen LogP contribution in [0.25, 0.3) is 0 Å². The van der Waals surface area contributed by atoms with E-state index in [2.05, 4.69) is 4.98 Å². The molecule has 0 aliphatic carbocycles. The smallest absolute Gasteiger partial charge is 0.340 e. The molecule has 0 bridgehead atoms. The summed E-state index contributed by atoms with van der Waals surface area (Å²) in [5, 5.41) is 8.89. The first kappa shape index (κ1) is 10.5. The summed E-state index contributed by atoms with van der Waals surface area (Å²) in [5.41, 5.74) is 0.749. The minimum Gasteiger partial charge on any atom is -0.462 e.